The van der Waals surface area contributed by atoms with Crippen LogP contribution in [0.3, 0.4) is 0 Å². The Hall–Kier alpha value is -1.42. The predicted molar refractivity (Wildman–Crippen MR) is 81.8 cm³/mol. The Morgan fingerprint density at radius 2 is 1.59 bits per heavy atom. The molecular formula is C14H14O6S2. The van der Waals surface area contributed by atoms with Gasteiger partial charge in [-0.15, -0.1) is 4.33 Å². The molecular weight excluding hydrogens is 328 g/mol. The predicted octanol–water partition coefficient (Wildman–Crippen LogP) is 3.65. The maximum Gasteiger partial charge on any atom is 0.295 e. The second-order valence-corrected chi connectivity index (χ2v) is 6.83. The first-order valence-corrected chi connectivity index (χ1v) is 8.35. The van der Waals surface area contributed by atoms with E-state index in [0.717, 1.165) is 17.6 Å². The largest absolute Gasteiger partial charge is 0.295 e. The first-order valence-electron chi connectivity index (χ1n) is 6.17. The van der Waals surface area contributed by atoms with Crippen molar-refractivity contribution in [2.45, 2.75) is 23.6 Å². The third-order valence-electron chi connectivity index (χ3n) is 3.00. The molecule has 2 aromatic rings. The molecule has 118 valence electrons. The van der Waals surface area contributed by atoms with Crippen molar-refractivity contribution in [1.29, 1.82) is 0 Å². The lowest BCUT2D eigenvalue weighted by molar-refractivity contribution is -0.432. The molecule has 0 spiro atoms. The van der Waals surface area contributed by atoms with Gasteiger partial charge in [-0.1, -0.05) is 29.3 Å². The molecule has 0 aliphatic carbocycles. The second-order valence-electron chi connectivity index (χ2n) is 4.70. The quantitative estimate of drug-likeness (QED) is 0.371. The number of aryl methyl sites for hydroxylation is 2. The fourth-order valence-corrected chi connectivity index (χ4v) is 3.43. The highest BCUT2D eigenvalue weighted by Crippen LogP contribution is 2.36. The van der Waals surface area contributed by atoms with Gasteiger partial charge in [0.05, 0.1) is 12.0 Å². The smallest absolute Gasteiger partial charge is 0.282 e. The summed E-state index contributed by atoms with van der Waals surface area (Å²) in [4.78, 5) is 0.339. The SMILES string of the molecule is Cc1ccc(-c2ccc(C)cc2S(=O)(=O)O)c(SOOO)c1. The van der Waals surface area contributed by atoms with Gasteiger partial charge < -0.3 is 0 Å². The van der Waals surface area contributed by atoms with E-state index in [1.165, 1.54) is 6.07 Å². The molecule has 22 heavy (non-hydrogen) atoms. The van der Waals surface area contributed by atoms with E-state index in [-0.39, 0.29) is 4.90 Å². The second kappa shape index (κ2) is 6.78. The average molecular weight is 342 g/mol. The normalized spacial score (nSPS) is 11.6. The molecule has 0 bridgehead atoms. The van der Waals surface area contributed by atoms with E-state index in [2.05, 4.69) is 9.37 Å². The molecule has 0 fully saturated rings. The van der Waals surface area contributed by atoms with E-state index in [0.29, 0.717) is 21.6 Å². The van der Waals surface area contributed by atoms with Crippen LogP contribution in [0.15, 0.2) is 46.2 Å². The summed E-state index contributed by atoms with van der Waals surface area (Å²) in [5, 5.41) is 11.9. The van der Waals surface area contributed by atoms with Crippen LogP contribution in [-0.2, 0) is 19.5 Å². The van der Waals surface area contributed by atoms with Crippen LogP contribution in [0, 0.1) is 13.8 Å². The van der Waals surface area contributed by atoms with Crippen LogP contribution in [0.25, 0.3) is 11.1 Å². The van der Waals surface area contributed by atoms with Gasteiger partial charge in [0.1, 0.15) is 4.90 Å². The molecule has 0 amide bonds. The average Bonchev–Trinajstić information content (AvgIpc) is 2.44. The lowest BCUT2D eigenvalue weighted by atomic mass is 10.0. The molecule has 0 aromatic heterocycles. The lowest BCUT2D eigenvalue weighted by Crippen LogP contribution is -2.02. The molecule has 2 rings (SSSR count). The minimum Gasteiger partial charge on any atom is -0.282 e. The number of rotatable bonds is 5. The summed E-state index contributed by atoms with van der Waals surface area (Å²) in [6.45, 7) is 3.58. The Balaban J connectivity index is 2.66. The van der Waals surface area contributed by atoms with E-state index < -0.39 is 10.1 Å². The van der Waals surface area contributed by atoms with Gasteiger partial charge in [-0.25, -0.2) is 5.26 Å². The van der Waals surface area contributed by atoms with Crippen molar-refractivity contribution >= 4 is 22.2 Å². The van der Waals surface area contributed by atoms with Gasteiger partial charge in [0.25, 0.3) is 10.1 Å². The van der Waals surface area contributed by atoms with Crippen molar-refractivity contribution in [3.05, 3.63) is 47.5 Å². The summed E-state index contributed by atoms with van der Waals surface area (Å²) in [6.07, 6.45) is 0. The maximum atomic E-state index is 11.6. The minimum absolute atomic E-state index is 0.192. The Kier molecular flexibility index (Phi) is 5.22. The van der Waals surface area contributed by atoms with Crippen molar-refractivity contribution < 1.29 is 27.6 Å². The molecule has 0 saturated carbocycles. The van der Waals surface area contributed by atoms with Crippen LogP contribution < -0.4 is 0 Å². The molecule has 2 N–H and O–H groups in total. The summed E-state index contributed by atoms with van der Waals surface area (Å²) in [7, 11) is -4.38. The first kappa shape index (κ1) is 16.9. The van der Waals surface area contributed by atoms with E-state index in [1.807, 2.05) is 6.92 Å². The van der Waals surface area contributed by atoms with Gasteiger partial charge in [0, 0.05) is 10.5 Å². The molecule has 8 heteroatoms. The maximum absolute atomic E-state index is 11.6. The number of hydrogen-bond donors (Lipinski definition) is 2. The summed E-state index contributed by atoms with van der Waals surface area (Å²) in [6, 6.07) is 9.98. The zero-order chi connectivity index (χ0) is 16.3. The third-order valence-corrected chi connectivity index (χ3v) is 4.54. The fourth-order valence-electron chi connectivity index (χ4n) is 2.04. The highest BCUT2D eigenvalue weighted by molar-refractivity contribution is 7.94. The van der Waals surface area contributed by atoms with Gasteiger partial charge in [-0.2, -0.15) is 8.42 Å². The molecule has 2 aromatic carbocycles. The van der Waals surface area contributed by atoms with E-state index in [9.17, 15) is 13.0 Å². The van der Waals surface area contributed by atoms with Crippen LogP contribution in [0.5, 0.6) is 0 Å². The third kappa shape index (κ3) is 3.86. The zero-order valence-corrected chi connectivity index (χ0v) is 13.4. The Morgan fingerprint density at radius 1 is 1.00 bits per heavy atom. The van der Waals surface area contributed by atoms with Gasteiger partial charge in [0.2, 0.25) is 0 Å². The van der Waals surface area contributed by atoms with Crippen LogP contribution in [0.2, 0.25) is 0 Å². The van der Waals surface area contributed by atoms with Gasteiger partial charge in [-0.05, 0) is 42.7 Å². The summed E-state index contributed by atoms with van der Waals surface area (Å²) in [5.41, 5.74) is 2.47. The molecule has 0 aliphatic heterocycles. The lowest BCUT2D eigenvalue weighted by Gasteiger charge is -2.12. The van der Waals surface area contributed by atoms with Gasteiger partial charge in [0.15, 0.2) is 0 Å². The molecule has 0 atom stereocenters. The molecule has 0 unspecified atom stereocenters. The van der Waals surface area contributed by atoms with Gasteiger partial charge in [-0.3, -0.25) is 4.55 Å². The highest BCUT2D eigenvalue weighted by atomic mass is 32.2. The summed E-state index contributed by atoms with van der Waals surface area (Å²) >= 11 is 0.731. The number of hydrogen-bond acceptors (Lipinski definition) is 6. The molecule has 6 nitrogen and oxygen atoms in total. The first-order chi connectivity index (χ1) is 10.3. The van der Waals surface area contributed by atoms with Crippen LogP contribution in [0.1, 0.15) is 11.1 Å². The molecule has 0 aliphatic rings. The standard InChI is InChI=1S/C14H14O6S2/c1-9-3-5-11(13(7-9)21-20-19-15)12-6-4-10(2)8-14(12)22(16,17)18/h3-8,15H,1-2H3,(H,16,17,18). The van der Waals surface area contributed by atoms with E-state index in [1.54, 1.807) is 37.3 Å². The number of benzene rings is 2. The fraction of sp³-hybridized carbons (Fsp3) is 0.143. The van der Waals surface area contributed by atoms with Crippen LogP contribution in [-0.4, -0.2) is 18.2 Å². The van der Waals surface area contributed by atoms with Crippen molar-refractivity contribution in [2.24, 2.45) is 0 Å². The Bertz CT molecular complexity index is 786. The van der Waals surface area contributed by atoms with Crippen molar-refractivity contribution in [3.63, 3.8) is 0 Å². The van der Waals surface area contributed by atoms with Crippen molar-refractivity contribution in [2.75, 3.05) is 0 Å². The van der Waals surface area contributed by atoms with Crippen molar-refractivity contribution in [1.82, 2.24) is 0 Å². The van der Waals surface area contributed by atoms with Crippen LogP contribution in [0.4, 0.5) is 0 Å². The topological polar surface area (TPSA) is 93.1 Å². The molecule has 0 heterocycles. The monoisotopic (exact) mass is 342 g/mol. The molecule has 0 radical (unpaired) electrons. The molecule has 0 saturated heterocycles. The zero-order valence-electron chi connectivity index (χ0n) is 11.8. The van der Waals surface area contributed by atoms with Crippen LogP contribution >= 0.6 is 12.0 Å². The summed E-state index contributed by atoms with van der Waals surface area (Å²) < 4.78 is 37.1. The minimum atomic E-state index is -4.38. The van der Waals surface area contributed by atoms with E-state index in [4.69, 9.17) is 5.26 Å². The Morgan fingerprint density at radius 3 is 2.18 bits per heavy atom. The highest BCUT2D eigenvalue weighted by Gasteiger charge is 2.19. The van der Waals surface area contributed by atoms with Gasteiger partial charge >= 0.3 is 0 Å². The van der Waals surface area contributed by atoms with Crippen molar-refractivity contribution in [3.8, 4) is 11.1 Å². The van der Waals surface area contributed by atoms with E-state index >= 15 is 0 Å². The Labute approximate surface area is 132 Å². The summed E-state index contributed by atoms with van der Waals surface area (Å²) in [5.74, 6) is 0.